The molecule has 0 bridgehead atoms. The average Bonchev–Trinajstić information content (AvgIpc) is 3.41. The van der Waals surface area contributed by atoms with E-state index in [0.717, 1.165) is 27.4 Å². The normalized spacial score (nSPS) is 11.4. The first kappa shape index (κ1) is 20.3. The number of para-hydroxylation sites is 2. The summed E-state index contributed by atoms with van der Waals surface area (Å²) in [5.74, 6) is -1.20. The van der Waals surface area contributed by atoms with E-state index in [0.29, 0.717) is 12.1 Å². The summed E-state index contributed by atoms with van der Waals surface area (Å²) >= 11 is 0. The van der Waals surface area contributed by atoms with Crippen LogP contribution in [0.25, 0.3) is 21.9 Å². The number of carboxylic acids is 1. The number of hydrogen-bond acceptors (Lipinski definition) is 4. The topological polar surface area (TPSA) is 96.8 Å². The molecule has 0 aliphatic carbocycles. The Morgan fingerprint density at radius 2 is 1.82 bits per heavy atom. The Balaban J connectivity index is 1.38. The fourth-order valence-corrected chi connectivity index (χ4v) is 3.82. The van der Waals surface area contributed by atoms with Crippen LogP contribution in [-0.4, -0.2) is 27.8 Å². The molecule has 7 heteroatoms. The highest BCUT2D eigenvalue weighted by atomic mass is 16.4. The van der Waals surface area contributed by atoms with Crippen LogP contribution in [0.2, 0.25) is 0 Å². The second kappa shape index (κ2) is 8.47. The number of carboxylic acid groups (broad SMARTS) is 1. The van der Waals surface area contributed by atoms with Crippen molar-refractivity contribution in [3.05, 3.63) is 108 Å². The predicted octanol–water partition coefficient (Wildman–Crippen LogP) is 4.90. The molecule has 2 aromatic heterocycles. The molecule has 0 radical (unpaired) electrons. The number of hydrazone groups is 1. The first-order valence-corrected chi connectivity index (χ1v) is 10.3. The van der Waals surface area contributed by atoms with Gasteiger partial charge < -0.3 is 14.1 Å². The Morgan fingerprint density at radius 1 is 1.00 bits per heavy atom. The van der Waals surface area contributed by atoms with E-state index in [-0.39, 0.29) is 11.3 Å². The van der Waals surface area contributed by atoms with E-state index in [1.54, 1.807) is 36.5 Å². The predicted molar refractivity (Wildman–Crippen MR) is 126 cm³/mol. The van der Waals surface area contributed by atoms with Gasteiger partial charge >= 0.3 is 11.9 Å². The number of nitrogens with one attached hydrogen (secondary N) is 1. The highest BCUT2D eigenvalue weighted by Crippen LogP contribution is 2.22. The molecule has 0 aliphatic rings. The third-order valence-electron chi connectivity index (χ3n) is 5.37. The van der Waals surface area contributed by atoms with Gasteiger partial charge in [-0.3, -0.25) is 4.79 Å². The summed E-state index contributed by atoms with van der Waals surface area (Å²) in [6, 6.07) is 23.8. The van der Waals surface area contributed by atoms with Gasteiger partial charge in [-0.05, 0) is 35.9 Å². The highest BCUT2D eigenvalue weighted by molar-refractivity contribution is 6.01. The van der Waals surface area contributed by atoms with Crippen molar-refractivity contribution in [2.24, 2.45) is 5.10 Å². The number of nitrogens with zero attached hydrogens (tertiary/aromatic N) is 2. The number of aromatic nitrogens is 1. The summed E-state index contributed by atoms with van der Waals surface area (Å²) in [7, 11) is 0. The standard InChI is InChI=1S/C26H19N3O4/c30-25(24-13-18-7-1-4-11-23(18)33-24)28-27-14-20-16-29(22-10-3-2-9-21(20)22)15-17-6-5-8-19(12-17)26(31)32/h1-14,16H,15H2,(H,28,30)(H,31,32)/b27-14+. The minimum absolute atomic E-state index is 0.189. The van der Waals surface area contributed by atoms with Crippen LogP contribution in [0.3, 0.4) is 0 Å². The summed E-state index contributed by atoms with van der Waals surface area (Å²) in [6.45, 7) is 0.501. The molecule has 5 rings (SSSR count). The van der Waals surface area contributed by atoms with Gasteiger partial charge in [-0.25, -0.2) is 10.2 Å². The minimum Gasteiger partial charge on any atom is -0.478 e. The van der Waals surface area contributed by atoms with Crippen LogP contribution in [0.15, 0.2) is 94.6 Å². The number of rotatable bonds is 6. The lowest BCUT2D eigenvalue weighted by molar-refractivity contribution is 0.0696. The van der Waals surface area contributed by atoms with Crippen LogP contribution in [0.4, 0.5) is 0 Å². The van der Waals surface area contributed by atoms with Crippen molar-refractivity contribution >= 4 is 40.0 Å². The molecule has 0 saturated heterocycles. The van der Waals surface area contributed by atoms with Crippen LogP contribution in [0.5, 0.6) is 0 Å². The lowest BCUT2D eigenvalue weighted by Crippen LogP contribution is -2.16. The molecule has 0 spiro atoms. The Morgan fingerprint density at radius 3 is 2.67 bits per heavy atom. The van der Waals surface area contributed by atoms with Crippen molar-refractivity contribution in [1.29, 1.82) is 0 Å². The van der Waals surface area contributed by atoms with Crippen molar-refractivity contribution in [3.63, 3.8) is 0 Å². The first-order chi connectivity index (χ1) is 16.1. The first-order valence-electron chi connectivity index (χ1n) is 10.3. The number of hydrogen-bond donors (Lipinski definition) is 2. The molecule has 0 aliphatic heterocycles. The van der Waals surface area contributed by atoms with Gasteiger partial charge in [0.15, 0.2) is 5.76 Å². The van der Waals surface area contributed by atoms with Gasteiger partial charge in [-0.1, -0.05) is 48.5 Å². The molecule has 162 valence electrons. The van der Waals surface area contributed by atoms with E-state index in [1.165, 1.54) is 0 Å². The second-order valence-corrected chi connectivity index (χ2v) is 7.58. The fraction of sp³-hybridized carbons (Fsp3) is 0.0385. The Bertz CT molecular complexity index is 1490. The van der Waals surface area contributed by atoms with Crippen molar-refractivity contribution in [2.45, 2.75) is 6.54 Å². The number of fused-ring (bicyclic) bond motifs is 2. The number of carbonyl (C=O) groups is 2. The van der Waals surface area contributed by atoms with E-state index in [4.69, 9.17) is 4.42 Å². The maximum atomic E-state index is 12.4. The maximum absolute atomic E-state index is 12.4. The fourth-order valence-electron chi connectivity index (χ4n) is 3.82. The molecular formula is C26H19N3O4. The van der Waals surface area contributed by atoms with Crippen molar-refractivity contribution < 1.29 is 19.1 Å². The van der Waals surface area contributed by atoms with E-state index >= 15 is 0 Å². The molecule has 1 amide bonds. The highest BCUT2D eigenvalue weighted by Gasteiger charge is 2.12. The molecule has 7 nitrogen and oxygen atoms in total. The van der Waals surface area contributed by atoms with Crippen LogP contribution in [-0.2, 0) is 6.54 Å². The monoisotopic (exact) mass is 437 g/mol. The molecule has 5 aromatic rings. The zero-order chi connectivity index (χ0) is 22.8. The third kappa shape index (κ3) is 4.12. The van der Waals surface area contributed by atoms with E-state index in [9.17, 15) is 14.7 Å². The van der Waals surface area contributed by atoms with Gasteiger partial charge in [0.1, 0.15) is 5.58 Å². The summed E-state index contributed by atoms with van der Waals surface area (Å²) in [4.78, 5) is 23.7. The molecule has 0 atom stereocenters. The van der Waals surface area contributed by atoms with Gasteiger partial charge in [-0.2, -0.15) is 5.10 Å². The van der Waals surface area contributed by atoms with Gasteiger partial charge in [-0.15, -0.1) is 0 Å². The Labute approximate surface area is 188 Å². The molecule has 0 fully saturated rings. The average molecular weight is 437 g/mol. The summed E-state index contributed by atoms with van der Waals surface area (Å²) in [6.07, 6.45) is 3.52. The lowest BCUT2D eigenvalue weighted by Gasteiger charge is -2.06. The summed E-state index contributed by atoms with van der Waals surface area (Å²) < 4.78 is 7.59. The molecule has 0 saturated carbocycles. The van der Waals surface area contributed by atoms with Gasteiger partial charge in [0.25, 0.3) is 0 Å². The van der Waals surface area contributed by atoms with Crippen LogP contribution in [0, 0.1) is 0 Å². The van der Waals surface area contributed by atoms with Gasteiger partial charge in [0, 0.05) is 34.6 Å². The Kier molecular flexibility index (Phi) is 5.20. The number of carbonyl (C=O) groups excluding carboxylic acids is 1. The van der Waals surface area contributed by atoms with Gasteiger partial charge in [0.05, 0.1) is 11.8 Å². The van der Waals surface area contributed by atoms with Crippen LogP contribution in [0.1, 0.15) is 32.0 Å². The molecular weight excluding hydrogens is 418 g/mol. The molecule has 2 N–H and O–H groups in total. The van der Waals surface area contributed by atoms with Gasteiger partial charge in [0.2, 0.25) is 0 Å². The summed E-state index contributed by atoms with van der Waals surface area (Å²) in [5, 5.41) is 15.2. The summed E-state index contributed by atoms with van der Waals surface area (Å²) in [5.41, 5.74) is 6.08. The third-order valence-corrected chi connectivity index (χ3v) is 5.37. The van der Waals surface area contributed by atoms with Crippen molar-refractivity contribution in [1.82, 2.24) is 9.99 Å². The molecule has 2 heterocycles. The van der Waals surface area contributed by atoms with E-state index in [2.05, 4.69) is 10.5 Å². The smallest absolute Gasteiger partial charge is 0.335 e. The quantitative estimate of drug-likeness (QED) is 0.292. The largest absolute Gasteiger partial charge is 0.478 e. The van der Waals surface area contributed by atoms with E-state index < -0.39 is 11.9 Å². The molecule has 0 unspecified atom stereocenters. The zero-order valence-corrected chi connectivity index (χ0v) is 17.4. The number of aromatic carboxylic acids is 1. The van der Waals surface area contributed by atoms with Crippen LogP contribution >= 0.6 is 0 Å². The Hall–Kier alpha value is -4.65. The van der Waals surface area contributed by atoms with E-state index in [1.807, 2.05) is 59.3 Å². The number of furan rings is 1. The SMILES string of the molecule is O=C(O)c1cccc(Cn2cc(/C=N/NC(=O)c3cc4ccccc4o3)c3ccccc32)c1. The number of amides is 1. The minimum atomic E-state index is -0.956. The molecule has 3 aromatic carbocycles. The zero-order valence-electron chi connectivity index (χ0n) is 17.4. The number of benzene rings is 3. The second-order valence-electron chi connectivity index (χ2n) is 7.58. The lowest BCUT2D eigenvalue weighted by atomic mass is 10.1. The van der Waals surface area contributed by atoms with Crippen molar-refractivity contribution in [3.8, 4) is 0 Å². The molecule has 33 heavy (non-hydrogen) atoms. The van der Waals surface area contributed by atoms with Crippen molar-refractivity contribution in [2.75, 3.05) is 0 Å². The van der Waals surface area contributed by atoms with Crippen LogP contribution < -0.4 is 5.43 Å². The maximum Gasteiger partial charge on any atom is 0.335 e.